The van der Waals surface area contributed by atoms with E-state index in [1.807, 2.05) is 20.8 Å². The third kappa shape index (κ3) is 4.02. The van der Waals surface area contributed by atoms with Crippen LogP contribution in [-0.4, -0.2) is 28.2 Å². The fraction of sp³-hybridized carbons (Fsp3) is 0.435. The van der Waals surface area contributed by atoms with Crippen LogP contribution in [-0.2, 0) is 5.41 Å². The molecule has 28 heavy (non-hydrogen) atoms. The quantitative estimate of drug-likeness (QED) is 0.426. The molecule has 3 nitrogen and oxygen atoms in total. The van der Waals surface area contributed by atoms with Crippen LogP contribution in [0.25, 0.3) is 11.1 Å². The first-order valence-corrected chi connectivity index (χ1v) is 11.2. The number of carboxylic acid groups (broad SMARTS) is 1. The molecule has 0 atom stereocenters. The normalized spacial score (nSPS) is 14.5. The lowest BCUT2D eigenvalue weighted by molar-refractivity contribution is 0.0988. The van der Waals surface area contributed by atoms with Crippen LogP contribution in [0, 0.1) is 0 Å². The van der Waals surface area contributed by atoms with Crippen LogP contribution in [0.2, 0.25) is 0 Å². The van der Waals surface area contributed by atoms with Gasteiger partial charge in [0.15, 0.2) is 0 Å². The predicted molar refractivity (Wildman–Crippen MR) is 122 cm³/mol. The SMILES string of the molecule is CC1(CCCCN(C(=O)O)C(C)(C)C)c2cc(Br)ccc2-c2ccc(Br)cc21. The molecule has 1 N–H and O–H groups in total. The van der Waals surface area contributed by atoms with E-state index in [1.165, 1.54) is 22.3 Å². The molecule has 1 aliphatic carbocycles. The van der Waals surface area contributed by atoms with E-state index in [4.69, 9.17) is 0 Å². The molecule has 0 unspecified atom stereocenters. The summed E-state index contributed by atoms with van der Waals surface area (Å²) in [6.07, 6.45) is 1.96. The highest BCUT2D eigenvalue weighted by atomic mass is 79.9. The van der Waals surface area contributed by atoms with Gasteiger partial charge in [0.1, 0.15) is 0 Å². The molecule has 0 aliphatic heterocycles. The van der Waals surface area contributed by atoms with Gasteiger partial charge in [-0.25, -0.2) is 4.79 Å². The van der Waals surface area contributed by atoms with Crippen molar-refractivity contribution in [1.29, 1.82) is 0 Å². The lowest BCUT2D eigenvalue weighted by Gasteiger charge is -2.34. The number of amides is 1. The van der Waals surface area contributed by atoms with Crippen molar-refractivity contribution in [3.8, 4) is 11.1 Å². The van der Waals surface area contributed by atoms with E-state index >= 15 is 0 Å². The monoisotopic (exact) mass is 507 g/mol. The molecule has 0 radical (unpaired) electrons. The minimum atomic E-state index is -0.844. The molecule has 0 fully saturated rings. The molecule has 1 aliphatic rings. The van der Waals surface area contributed by atoms with Crippen molar-refractivity contribution in [1.82, 2.24) is 4.90 Å². The van der Waals surface area contributed by atoms with Gasteiger partial charge in [0.05, 0.1) is 0 Å². The molecule has 0 spiro atoms. The molecule has 2 aromatic rings. The Bertz CT molecular complexity index is 850. The van der Waals surface area contributed by atoms with Gasteiger partial charge in [0.25, 0.3) is 0 Å². The van der Waals surface area contributed by atoms with Crippen molar-refractivity contribution in [2.24, 2.45) is 0 Å². The van der Waals surface area contributed by atoms with Crippen molar-refractivity contribution >= 4 is 38.0 Å². The Kier molecular flexibility index (Phi) is 5.98. The summed E-state index contributed by atoms with van der Waals surface area (Å²) in [5, 5.41) is 9.51. The van der Waals surface area contributed by atoms with Gasteiger partial charge < -0.3 is 10.0 Å². The van der Waals surface area contributed by atoms with Crippen molar-refractivity contribution in [3.63, 3.8) is 0 Å². The van der Waals surface area contributed by atoms with Gasteiger partial charge >= 0.3 is 6.09 Å². The van der Waals surface area contributed by atoms with Gasteiger partial charge in [-0.05, 0) is 80.1 Å². The zero-order valence-corrected chi connectivity index (χ0v) is 20.0. The van der Waals surface area contributed by atoms with Crippen LogP contribution in [0.3, 0.4) is 0 Å². The molecule has 0 saturated heterocycles. The summed E-state index contributed by atoms with van der Waals surface area (Å²) >= 11 is 7.27. The largest absolute Gasteiger partial charge is 0.465 e. The summed E-state index contributed by atoms with van der Waals surface area (Å²) in [5.41, 5.74) is 4.85. The summed E-state index contributed by atoms with van der Waals surface area (Å²) in [7, 11) is 0. The summed E-state index contributed by atoms with van der Waals surface area (Å²) in [6.45, 7) is 8.71. The van der Waals surface area contributed by atoms with E-state index < -0.39 is 6.09 Å². The lowest BCUT2D eigenvalue weighted by Crippen LogP contribution is -2.45. The van der Waals surface area contributed by atoms with Crippen molar-refractivity contribution in [2.75, 3.05) is 6.54 Å². The van der Waals surface area contributed by atoms with E-state index in [9.17, 15) is 9.90 Å². The highest BCUT2D eigenvalue weighted by molar-refractivity contribution is 9.10. The number of fused-ring (bicyclic) bond motifs is 3. The number of unbranched alkanes of at least 4 members (excludes halogenated alkanes) is 1. The zero-order chi connectivity index (χ0) is 20.7. The van der Waals surface area contributed by atoms with Gasteiger partial charge in [0, 0.05) is 26.4 Å². The number of nitrogens with zero attached hydrogens (tertiary/aromatic N) is 1. The topological polar surface area (TPSA) is 40.5 Å². The van der Waals surface area contributed by atoms with E-state index in [0.717, 1.165) is 28.2 Å². The fourth-order valence-electron chi connectivity index (χ4n) is 4.30. The maximum Gasteiger partial charge on any atom is 0.407 e. The molecular formula is C23H27Br2NO2. The van der Waals surface area contributed by atoms with Gasteiger partial charge in [-0.1, -0.05) is 57.3 Å². The summed E-state index contributed by atoms with van der Waals surface area (Å²) in [4.78, 5) is 13.1. The Morgan fingerprint density at radius 3 is 1.93 bits per heavy atom. The third-order valence-corrected chi connectivity index (χ3v) is 6.78. The highest BCUT2D eigenvalue weighted by Gasteiger charge is 2.39. The number of rotatable bonds is 5. The number of hydrogen-bond acceptors (Lipinski definition) is 1. The second-order valence-corrected chi connectivity index (χ2v) is 10.6. The Labute approximate surface area is 184 Å². The molecule has 0 saturated carbocycles. The van der Waals surface area contributed by atoms with Crippen molar-refractivity contribution in [3.05, 3.63) is 56.5 Å². The Hall–Kier alpha value is -1.33. The summed E-state index contributed by atoms with van der Waals surface area (Å²) in [6, 6.07) is 13.1. The first kappa shape index (κ1) is 21.4. The van der Waals surface area contributed by atoms with Crippen molar-refractivity contribution < 1.29 is 9.90 Å². The minimum Gasteiger partial charge on any atom is -0.465 e. The third-order valence-electron chi connectivity index (χ3n) is 5.79. The molecule has 2 aromatic carbocycles. The molecule has 150 valence electrons. The maximum atomic E-state index is 11.6. The standard InChI is InChI=1S/C23H27Br2NO2/c1-22(2,3)26(21(27)28)12-6-5-11-23(4)19-13-15(24)7-9-17(19)18-10-8-16(25)14-20(18)23/h7-10,13-14H,5-6,11-12H2,1-4H3,(H,27,28). The Morgan fingerprint density at radius 2 is 1.50 bits per heavy atom. The number of benzene rings is 2. The predicted octanol–water partition coefficient (Wildman–Crippen LogP) is 7.45. The van der Waals surface area contributed by atoms with Crippen LogP contribution in [0.15, 0.2) is 45.3 Å². The van der Waals surface area contributed by atoms with Gasteiger partial charge in [-0.2, -0.15) is 0 Å². The maximum absolute atomic E-state index is 11.6. The second-order valence-electron chi connectivity index (χ2n) is 8.77. The molecule has 0 bridgehead atoms. The minimum absolute atomic E-state index is 0.0754. The highest BCUT2D eigenvalue weighted by Crippen LogP contribution is 2.52. The van der Waals surface area contributed by atoms with E-state index in [0.29, 0.717) is 6.54 Å². The summed E-state index contributed by atoms with van der Waals surface area (Å²) in [5.74, 6) is 0. The second kappa shape index (κ2) is 7.83. The van der Waals surface area contributed by atoms with E-state index in [2.05, 4.69) is 75.2 Å². The van der Waals surface area contributed by atoms with Crippen LogP contribution < -0.4 is 0 Å². The van der Waals surface area contributed by atoms with Crippen molar-refractivity contribution in [2.45, 2.75) is 57.9 Å². The number of halogens is 2. The molecule has 0 aromatic heterocycles. The average Bonchev–Trinajstić information content (AvgIpc) is 2.82. The Balaban J connectivity index is 1.83. The first-order chi connectivity index (χ1) is 13.0. The lowest BCUT2D eigenvalue weighted by atomic mass is 9.76. The smallest absolute Gasteiger partial charge is 0.407 e. The van der Waals surface area contributed by atoms with E-state index in [1.54, 1.807) is 4.90 Å². The number of hydrogen-bond donors (Lipinski definition) is 1. The molecule has 0 heterocycles. The molecule has 1 amide bonds. The molecular weight excluding hydrogens is 482 g/mol. The Morgan fingerprint density at radius 1 is 1.00 bits per heavy atom. The van der Waals surface area contributed by atoms with Gasteiger partial charge in [-0.15, -0.1) is 0 Å². The van der Waals surface area contributed by atoms with Gasteiger partial charge in [0.2, 0.25) is 0 Å². The average molecular weight is 509 g/mol. The molecule has 5 heteroatoms. The zero-order valence-electron chi connectivity index (χ0n) is 16.9. The fourth-order valence-corrected chi connectivity index (χ4v) is 5.02. The summed E-state index contributed by atoms with van der Waals surface area (Å²) < 4.78 is 2.18. The number of carbonyl (C=O) groups is 1. The van der Waals surface area contributed by atoms with Crippen LogP contribution in [0.1, 0.15) is 58.1 Å². The first-order valence-electron chi connectivity index (χ1n) is 9.65. The molecule has 3 rings (SSSR count). The van der Waals surface area contributed by atoms with Crippen LogP contribution in [0.4, 0.5) is 4.79 Å². The van der Waals surface area contributed by atoms with Crippen LogP contribution >= 0.6 is 31.9 Å². The van der Waals surface area contributed by atoms with Gasteiger partial charge in [-0.3, -0.25) is 0 Å². The van der Waals surface area contributed by atoms with Crippen LogP contribution in [0.5, 0.6) is 0 Å². The van der Waals surface area contributed by atoms with E-state index in [-0.39, 0.29) is 11.0 Å².